The van der Waals surface area contributed by atoms with Gasteiger partial charge in [-0.3, -0.25) is 9.59 Å². The fourth-order valence-corrected chi connectivity index (χ4v) is 0.922. The Hall–Kier alpha value is -0.940. The molecule has 0 radical (unpaired) electrons. The van der Waals surface area contributed by atoms with Gasteiger partial charge in [0.15, 0.2) is 6.29 Å². The molecule has 0 aliphatic carbocycles. The normalized spacial score (nSPS) is 12.9. The predicted molar refractivity (Wildman–Crippen MR) is 44.2 cm³/mol. The highest BCUT2D eigenvalue weighted by Gasteiger charge is 2.26. The Labute approximate surface area is 76.6 Å². The number of hydrogen-bond acceptors (Lipinski definition) is 4. The number of methoxy groups -OCH3 is 2. The van der Waals surface area contributed by atoms with E-state index in [4.69, 9.17) is 14.6 Å². The molecule has 0 spiro atoms. The van der Waals surface area contributed by atoms with E-state index in [1.54, 1.807) is 0 Å². The molecule has 1 N–H and O–H groups in total. The van der Waals surface area contributed by atoms with Crippen LogP contribution in [0, 0.1) is 5.92 Å². The Bertz CT molecular complexity index is 171. The van der Waals surface area contributed by atoms with E-state index in [1.807, 2.05) is 0 Å². The zero-order valence-electron chi connectivity index (χ0n) is 7.94. The van der Waals surface area contributed by atoms with Crippen molar-refractivity contribution < 1.29 is 24.2 Å². The highest BCUT2D eigenvalue weighted by Crippen LogP contribution is 2.11. The van der Waals surface area contributed by atoms with Crippen LogP contribution in [0.2, 0.25) is 0 Å². The molecule has 0 saturated heterocycles. The summed E-state index contributed by atoms with van der Waals surface area (Å²) in [4.78, 5) is 21.4. The Balaban J connectivity index is 4.24. The summed E-state index contributed by atoms with van der Waals surface area (Å²) < 4.78 is 9.59. The number of carboxylic acids is 1. The second kappa shape index (κ2) is 5.66. The van der Waals surface area contributed by atoms with E-state index in [1.165, 1.54) is 21.1 Å². The maximum Gasteiger partial charge on any atom is 0.314 e. The summed E-state index contributed by atoms with van der Waals surface area (Å²) in [7, 11) is 2.79. The van der Waals surface area contributed by atoms with E-state index in [9.17, 15) is 9.59 Å². The van der Waals surface area contributed by atoms with Gasteiger partial charge in [0.05, 0.1) is 0 Å². The van der Waals surface area contributed by atoms with Crippen LogP contribution in [-0.4, -0.2) is 37.4 Å². The lowest BCUT2D eigenvalue weighted by Crippen LogP contribution is -2.28. The van der Waals surface area contributed by atoms with E-state index in [-0.39, 0.29) is 6.42 Å². The second-order valence-corrected chi connectivity index (χ2v) is 2.64. The monoisotopic (exact) mass is 190 g/mol. The first-order chi connectivity index (χ1) is 6.02. The van der Waals surface area contributed by atoms with Gasteiger partial charge in [-0.25, -0.2) is 0 Å². The smallest absolute Gasteiger partial charge is 0.314 e. The standard InChI is InChI=1S/C8H14O5/c1-5(9)6(8(10)11)4-7(12-2)13-3/h6-7H,4H2,1-3H3,(H,10,11). The number of ether oxygens (including phenoxy) is 2. The molecule has 0 aliphatic heterocycles. The molecule has 0 bridgehead atoms. The van der Waals surface area contributed by atoms with Crippen molar-refractivity contribution in [1.82, 2.24) is 0 Å². The highest BCUT2D eigenvalue weighted by molar-refractivity contribution is 5.96. The lowest BCUT2D eigenvalue weighted by molar-refractivity contribution is -0.155. The van der Waals surface area contributed by atoms with Crippen molar-refractivity contribution in [2.75, 3.05) is 14.2 Å². The summed E-state index contributed by atoms with van der Waals surface area (Å²) in [6.45, 7) is 1.24. The van der Waals surface area contributed by atoms with E-state index in [2.05, 4.69) is 0 Å². The molecule has 0 rings (SSSR count). The molecule has 5 nitrogen and oxygen atoms in total. The number of carbonyl (C=O) groups is 2. The molecule has 0 aromatic heterocycles. The summed E-state index contributed by atoms with van der Waals surface area (Å²) >= 11 is 0. The van der Waals surface area contributed by atoms with Gasteiger partial charge in [0.25, 0.3) is 0 Å². The van der Waals surface area contributed by atoms with Gasteiger partial charge in [0.2, 0.25) is 0 Å². The average Bonchev–Trinajstić information content (AvgIpc) is 2.05. The Morgan fingerprint density at radius 1 is 1.31 bits per heavy atom. The maximum absolute atomic E-state index is 10.9. The molecule has 0 amide bonds. The first-order valence-electron chi connectivity index (χ1n) is 3.81. The molecule has 1 unspecified atom stereocenters. The quantitative estimate of drug-likeness (QED) is 0.481. The van der Waals surface area contributed by atoms with Crippen molar-refractivity contribution >= 4 is 11.8 Å². The van der Waals surface area contributed by atoms with E-state index < -0.39 is 24.0 Å². The summed E-state index contributed by atoms with van der Waals surface area (Å²) in [6.07, 6.45) is -0.609. The molecular formula is C8H14O5. The Morgan fingerprint density at radius 2 is 1.77 bits per heavy atom. The number of aliphatic carboxylic acids is 1. The molecule has 76 valence electrons. The number of carboxylic acid groups (broad SMARTS) is 1. The van der Waals surface area contributed by atoms with Crippen LogP contribution in [0.15, 0.2) is 0 Å². The van der Waals surface area contributed by atoms with Crippen molar-refractivity contribution in [2.45, 2.75) is 19.6 Å². The number of rotatable bonds is 6. The molecule has 0 fully saturated rings. The van der Waals surface area contributed by atoms with Crippen LogP contribution in [0.3, 0.4) is 0 Å². The fraction of sp³-hybridized carbons (Fsp3) is 0.750. The molecule has 1 atom stereocenters. The van der Waals surface area contributed by atoms with Gasteiger partial charge < -0.3 is 14.6 Å². The van der Waals surface area contributed by atoms with Crippen LogP contribution in [0.1, 0.15) is 13.3 Å². The van der Waals surface area contributed by atoms with E-state index in [0.29, 0.717) is 0 Å². The molecule has 0 aliphatic rings. The van der Waals surface area contributed by atoms with Gasteiger partial charge in [-0.2, -0.15) is 0 Å². The molecule has 0 aromatic rings. The molecule has 0 aromatic carbocycles. The van der Waals surface area contributed by atoms with Crippen LogP contribution in [0.5, 0.6) is 0 Å². The van der Waals surface area contributed by atoms with Crippen molar-refractivity contribution in [3.05, 3.63) is 0 Å². The van der Waals surface area contributed by atoms with Gasteiger partial charge >= 0.3 is 5.97 Å². The summed E-state index contributed by atoms with van der Waals surface area (Å²) in [5.41, 5.74) is 0. The van der Waals surface area contributed by atoms with E-state index >= 15 is 0 Å². The van der Waals surface area contributed by atoms with Crippen molar-refractivity contribution in [3.8, 4) is 0 Å². The van der Waals surface area contributed by atoms with E-state index in [0.717, 1.165) is 0 Å². The van der Waals surface area contributed by atoms with Gasteiger partial charge in [0.1, 0.15) is 11.7 Å². The SMILES string of the molecule is COC(CC(C(C)=O)C(=O)O)OC. The maximum atomic E-state index is 10.9. The topological polar surface area (TPSA) is 72.8 Å². The van der Waals surface area contributed by atoms with Crippen LogP contribution in [0.25, 0.3) is 0 Å². The Morgan fingerprint density at radius 3 is 2.00 bits per heavy atom. The lowest BCUT2D eigenvalue weighted by Gasteiger charge is -2.16. The van der Waals surface area contributed by atoms with Crippen molar-refractivity contribution in [1.29, 1.82) is 0 Å². The minimum absolute atomic E-state index is 0.0394. The molecule has 0 saturated carbocycles. The summed E-state index contributed by atoms with van der Waals surface area (Å²) in [5, 5.41) is 8.65. The molecular weight excluding hydrogens is 176 g/mol. The second-order valence-electron chi connectivity index (χ2n) is 2.64. The fourth-order valence-electron chi connectivity index (χ4n) is 0.922. The summed E-state index contributed by atoms with van der Waals surface area (Å²) in [5.74, 6) is -2.59. The molecule has 0 heterocycles. The van der Waals surface area contributed by atoms with Crippen LogP contribution in [0.4, 0.5) is 0 Å². The minimum atomic E-state index is -1.15. The van der Waals surface area contributed by atoms with Gasteiger partial charge in [-0.05, 0) is 6.92 Å². The van der Waals surface area contributed by atoms with Crippen LogP contribution < -0.4 is 0 Å². The lowest BCUT2D eigenvalue weighted by atomic mass is 10.0. The first-order valence-corrected chi connectivity index (χ1v) is 3.81. The number of hydrogen-bond donors (Lipinski definition) is 1. The zero-order chi connectivity index (χ0) is 10.4. The third kappa shape index (κ3) is 4.00. The van der Waals surface area contributed by atoms with Gasteiger partial charge in [-0.15, -0.1) is 0 Å². The van der Waals surface area contributed by atoms with Crippen LogP contribution in [-0.2, 0) is 19.1 Å². The molecule has 5 heteroatoms. The zero-order valence-corrected chi connectivity index (χ0v) is 7.94. The van der Waals surface area contributed by atoms with Gasteiger partial charge in [0, 0.05) is 20.6 Å². The third-order valence-electron chi connectivity index (χ3n) is 1.74. The number of Topliss-reactive ketones (excluding diaryl/α,β-unsaturated/α-hetero) is 1. The average molecular weight is 190 g/mol. The van der Waals surface area contributed by atoms with Gasteiger partial charge in [-0.1, -0.05) is 0 Å². The number of ketones is 1. The van der Waals surface area contributed by atoms with Crippen molar-refractivity contribution in [2.24, 2.45) is 5.92 Å². The highest BCUT2D eigenvalue weighted by atomic mass is 16.7. The summed E-state index contributed by atoms with van der Waals surface area (Å²) in [6, 6.07) is 0. The Kier molecular flexibility index (Phi) is 5.25. The first kappa shape index (κ1) is 12.1. The third-order valence-corrected chi connectivity index (χ3v) is 1.74. The van der Waals surface area contributed by atoms with Crippen molar-refractivity contribution in [3.63, 3.8) is 0 Å². The minimum Gasteiger partial charge on any atom is -0.481 e. The van der Waals surface area contributed by atoms with Crippen LogP contribution >= 0.6 is 0 Å². The largest absolute Gasteiger partial charge is 0.481 e. The molecule has 13 heavy (non-hydrogen) atoms. The number of carbonyl (C=O) groups excluding carboxylic acids is 1. The predicted octanol–water partition coefficient (Wildman–Crippen LogP) is 0.285.